The van der Waals surface area contributed by atoms with Gasteiger partial charge >= 0.3 is 17.9 Å². The molecule has 0 fully saturated rings. The number of carbonyl (C=O) groups is 3. The van der Waals surface area contributed by atoms with Gasteiger partial charge < -0.3 is 14.2 Å². The number of ether oxygens (including phenoxy) is 3. The van der Waals surface area contributed by atoms with Crippen LogP contribution in [0, 0.1) is 0 Å². The van der Waals surface area contributed by atoms with Gasteiger partial charge in [-0.2, -0.15) is 0 Å². The quantitative estimate of drug-likeness (QED) is 0.0261. The largest absolute Gasteiger partial charge is 0.462 e. The molecule has 0 radical (unpaired) electrons. The Morgan fingerprint density at radius 2 is 0.575 bits per heavy atom. The molecule has 0 aromatic heterocycles. The topological polar surface area (TPSA) is 78.9 Å². The first-order chi connectivity index (χ1) is 36.0. The molecular formula is C67H106O6. The lowest BCUT2D eigenvalue weighted by Gasteiger charge is -2.18. The average Bonchev–Trinajstić information content (AvgIpc) is 3.39. The lowest BCUT2D eigenvalue weighted by molar-refractivity contribution is -0.166. The van der Waals surface area contributed by atoms with E-state index in [1.54, 1.807) is 6.08 Å². The van der Waals surface area contributed by atoms with Crippen molar-refractivity contribution in [3.05, 3.63) is 146 Å². The molecule has 0 aromatic rings. The Labute approximate surface area is 448 Å². The maximum absolute atomic E-state index is 12.8. The summed E-state index contributed by atoms with van der Waals surface area (Å²) in [5, 5.41) is 0. The number of carbonyl (C=O) groups excluding carboxylic acids is 3. The van der Waals surface area contributed by atoms with Gasteiger partial charge in [0.15, 0.2) is 6.10 Å². The third-order valence-corrected chi connectivity index (χ3v) is 11.8. The average molecular weight is 1010 g/mol. The smallest absolute Gasteiger partial charge is 0.310 e. The second-order valence-electron chi connectivity index (χ2n) is 18.8. The Bertz CT molecular complexity index is 1630. The first-order valence-electron chi connectivity index (χ1n) is 29.3. The maximum Gasteiger partial charge on any atom is 0.310 e. The van der Waals surface area contributed by atoms with Gasteiger partial charge in [0.1, 0.15) is 13.2 Å². The highest BCUT2D eigenvalue weighted by Crippen LogP contribution is 2.14. The molecule has 0 aliphatic carbocycles. The van der Waals surface area contributed by atoms with Crippen LogP contribution in [0.3, 0.4) is 0 Å². The van der Waals surface area contributed by atoms with Crippen molar-refractivity contribution in [2.24, 2.45) is 0 Å². The molecule has 0 heterocycles. The van der Waals surface area contributed by atoms with Crippen molar-refractivity contribution >= 4 is 17.9 Å². The third-order valence-electron chi connectivity index (χ3n) is 11.8. The molecule has 0 saturated heterocycles. The number of esters is 3. The summed E-state index contributed by atoms with van der Waals surface area (Å²) in [7, 11) is 0. The van der Waals surface area contributed by atoms with Crippen LogP contribution in [-0.4, -0.2) is 37.2 Å². The van der Waals surface area contributed by atoms with Crippen LogP contribution in [0.4, 0.5) is 0 Å². The summed E-state index contributed by atoms with van der Waals surface area (Å²) in [6.07, 6.45) is 85.9. The van der Waals surface area contributed by atoms with Gasteiger partial charge in [0.2, 0.25) is 0 Å². The second-order valence-corrected chi connectivity index (χ2v) is 18.8. The summed E-state index contributed by atoms with van der Waals surface area (Å²) < 4.78 is 16.7. The van der Waals surface area contributed by atoms with Gasteiger partial charge in [-0.1, -0.05) is 250 Å². The minimum absolute atomic E-state index is 0.0888. The number of hydrogen-bond donors (Lipinski definition) is 0. The predicted molar refractivity (Wildman–Crippen MR) is 315 cm³/mol. The van der Waals surface area contributed by atoms with Crippen LogP contribution in [0.5, 0.6) is 0 Å². The lowest BCUT2D eigenvalue weighted by atomic mass is 10.1. The Kier molecular flexibility index (Phi) is 56.0. The molecule has 410 valence electrons. The molecule has 0 amide bonds. The van der Waals surface area contributed by atoms with E-state index in [-0.39, 0.29) is 31.6 Å². The van der Waals surface area contributed by atoms with Gasteiger partial charge in [0.05, 0.1) is 6.42 Å². The molecular weight excluding hydrogens is 901 g/mol. The van der Waals surface area contributed by atoms with Crippen LogP contribution >= 0.6 is 0 Å². The summed E-state index contributed by atoms with van der Waals surface area (Å²) in [6, 6.07) is 0. The van der Waals surface area contributed by atoms with Crippen LogP contribution in [0.1, 0.15) is 239 Å². The molecule has 1 unspecified atom stereocenters. The van der Waals surface area contributed by atoms with E-state index in [9.17, 15) is 14.4 Å². The standard InChI is InChI=1S/C67H106O6/c1-4-7-10-13-16-19-22-24-26-27-28-29-30-31-32-33-34-35-36-37-38-39-41-42-45-48-51-54-57-60-66(69)72-63-64(62-71-65(68)59-56-53-50-47-44-21-18-15-12-9-6-3)73-67(70)61-58-55-52-49-46-43-40-25-23-20-17-14-11-8-5-2/h7-8,10-11,15-20,24-26,28-29,31-32,34-35,40,46,49,55,58,64H,4-6,9,12-14,21-23,27,30,33,36-39,41-45,47-48,50-54,56-57,59-63H2,1-3H3/b10-7-,11-8-,18-15-,19-16-,20-17-,26-24-,29-28-,32-31-,35-34-,40-25-,49-46-,58-55-. The summed E-state index contributed by atoms with van der Waals surface area (Å²) in [4.78, 5) is 38.0. The van der Waals surface area contributed by atoms with Crippen LogP contribution in [0.25, 0.3) is 0 Å². The SMILES string of the molecule is CC/C=C\C/C=C\C/C=C\C/C=C\C/C=C\C/C=C\CCCCCCCCCCCCC(=O)OCC(COC(=O)CCCCCCC/C=C\CCCC)OC(=O)C/C=C\C/C=C\C/C=C\C/C=C\C/C=C\CC. The van der Waals surface area contributed by atoms with E-state index in [0.29, 0.717) is 19.3 Å². The van der Waals surface area contributed by atoms with Crippen molar-refractivity contribution < 1.29 is 28.6 Å². The Morgan fingerprint density at radius 1 is 0.301 bits per heavy atom. The van der Waals surface area contributed by atoms with E-state index >= 15 is 0 Å². The Balaban J connectivity index is 4.34. The highest BCUT2D eigenvalue weighted by atomic mass is 16.6. The van der Waals surface area contributed by atoms with Crippen molar-refractivity contribution in [1.29, 1.82) is 0 Å². The lowest BCUT2D eigenvalue weighted by Crippen LogP contribution is -2.30. The van der Waals surface area contributed by atoms with Crippen molar-refractivity contribution in [3.8, 4) is 0 Å². The number of rotatable bonds is 51. The summed E-state index contributed by atoms with van der Waals surface area (Å²) in [6.45, 7) is 6.26. The number of allylic oxidation sites excluding steroid dienone is 23. The fourth-order valence-corrected chi connectivity index (χ4v) is 7.50. The normalized spacial score (nSPS) is 13.2. The first kappa shape index (κ1) is 68.3. The fraction of sp³-hybridized carbons (Fsp3) is 0.597. The molecule has 0 saturated carbocycles. The van der Waals surface area contributed by atoms with Crippen molar-refractivity contribution in [2.45, 2.75) is 245 Å². The predicted octanol–water partition coefficient (Wildman–Crippen LogP) is 20.0. The molecule has 1 atom stereocenters. The summed E-state index contributed by atoms with van der Waals surface area (Å²) >= 11 is 0. The van der Waals surface area contributed by atoms with Crippen LogP contribution in [-0.2, 0) is 28.6 Å². The minimum atomic E-state index is -0.842. The molecule has 0 spiro atoms. The monoisotopic (exact) mass is 1010 g/mol. The van der Waals surface area contributed by atoms with E-state index in [4.69, 9.17) is 14.2 Å². The van der Waals surface area contributed by atoms with Crippen molar-refractivity contribution in [3.63, 3.8) is 0 Å². The van der Waals surface area contributed by atoms with E-state index < -0.39 is 12.1 Å². The van der Waals surface area contributed by atoms with Gasteiger partial charge in [-0.25, -0.2) is 0 Å². The van der Waals surface area contributed by atoms with Crippen LogP contribution in [0.15, 0.2) is 146 Å². The highest BCUT2D eigenvalue weighted by molar-refractivity contribution is 5.72. The van der Waals surface area contributed by atoms with Crippen LogP contribution < -0.4 is 0 Å². The summed E-state index contributed by atoms with van der Waals surface area (Å²) in [5.41, 5.74) is 0. The van der Waals surface area contributed by atoms with E-state index in [2.05, 4.69) is 154 Å². The molecule has 0 bridgehead atoms. The second kappa shape index (κ2) is 59.8. The first-order valence-corrected chi connectivity index (χ1v) is 29.3. The zero-order valence-corrected chi connectivity index (χ0v) is 46.8. The Hall–Kier alpha value is -4.71. The van der Waals surface area contributed by atoms with Gasteiger partial charge in [-0.05, 0) is 116 Å². The Morgan fingerprint density at radius 3 is 0.918 bits per heavy atom. The third kappa shape index (κ3) is 58.1. The molecule has 6 nitrogen and oxygen atoms in total. The maximum atomic E-state index is 12.8. The van der Waals surface area contributed by atoms with Crippen LogP contribution in [0.2, 0.25) is 0 Å². The molecule has 0 aliphatic rings. The molecule has 0 aliphatic heterocycles. The minimum Gasteiger partial charge on any atom is -0.462 e. The van der Waals surface area contributed by atoms with Gasteiger partial charge in [0.25, 0.3) is 0 Å². The number of hydrogen-bond acceptors (Lipinski definition) is 6. The molecule has 0 N–H and O–H groups in total. The van der Waals surface area contributed by atoms with E-state index in [0.717, 1.165) is 122 Å². The fourth-order valence-electron chi connectivity index (χ4n) is 7.50. The van der Waals surface area contributed by atoms with E-state index in [1.165, 1.54) is 70.6 Å². The van der Waals surface area contributed by atoms with Crippen molar-refractivity contribution in [1.82, 2.24) is 0 Å². The molecule has 6 heteroatoms. The summed E-state index contributed by atoms with van der Waals surface area (Å²) in [5.74, 6) is -1.08. The van der Waals surface area contributed by atoms with Gasteiger partial charge in [-0.3, -0.25) is 14.4 Å². The molecule has 73 heavy (non-hydrogen) atoms. The van der Waals surface area contributed by atoms with E-state index in [1.807, 2.05) is 6.08 Å². The van der Waals surface area contributed by atoms with Gasteiger partial charge in [-0.15, -0.1) is 0 Å². The number of unbranched alkanes of at least 4 members (excludes halogenated alkanes) is 17. The molecule has 0 aromatic carbocycles. The zero-order chi connectivity index (χ0) is 52.9. The zero-order valence-electron chi connectivity index (χ0n) is 46.8. The van der Waals surface area contributed by atoms with Crippen molar-refractivity contribution in [2.75, 3.05) is 13.2 Å². The highest BCUT2D eigenvalue weighted by Gasteiger charge is 2.19. The van der Waals surface area contributed by atoms with Gasteiger partial charge in [0, 0.05) is 12.8 Å². The molecule has 0 rings (SSSR count).